The second-order valence-corrected chi connectivity index (χ2v) is 4.31. The number of non-ortho nitro benzene ring substituents is 1. The van der Waals surface area contributed by atoms with Crippen LogP contribution in [0.25, 0.3) is 10.9 Å². The second-order valence-electron chi connectivity index (χ2n) is 4.31. The Balaban J connectivity index is 2.69. The molecule has 0 amide bonds. The predicted molar refractivity (Wildman–Crippen MR) is 63.8 cm³/mol. The first kappa shape index (κ1) is 10.7. The smallest absolute Gasteiger partial charge is 0.270 e. The molecule has 0 spiro atoms. The summed E-state index contributed by atoms with van der Waals surface area (Å²) in [5.74, 6) is 0.395. The van der Waals surface area contributed by atoms with Crippen LogP contribution in [-0.2, 0) is 0 Å². The molecule has 1 aromatic heterocycles. The molecule has 1 N–H and O–H groups in total. The Hall–Kier alpha value is -1.84. The average Bonchev–Trinajstić information content (AvgIpc) is 2.56. The molecule has 2 rings (SSSR count). The van der Waals surface area contributed by atoms with E-state index in [0.29, 0.717) is 5.92 Å². The maximum absolute atomic E-state index is 10.7. The Morgan fingerprint density at radius 3 is 2.62 bits per heavy atom. The molecule has 0 aliphatic heterocycles. The SMILES string of the molecule is Cc1c(C(C)C)[nH]c2ccc([N+](=O)[O-])cc12. The third-order valence-corrected chi connectivity index (χ3v) is 2.87. The van der Waals surface area contributed by atoms with E-state index in [2.05, 4.69) is 18.8 Å². The van der Waals surface area contributed by atoms with Crippen LogP contribution < -0.4 is 0 Å². The first-order valence-electron chi connectivity index (χ1n) is 5.27. The van der Waals surface area contributed by atoms with E-state index in [1.807, 2.05) is 6.92 Å². The lowest BCUT2D eigenvalue weighted by molar-refractivity contribution is -0.384. The summed E-state index contributed by atoms with van der Waals surface area (Å²) in [5.41, 5.74) is 3.36. The molecule has 0 bridgehead atoms. The van der Waals surface area contributed by atoms with E-state index in [4.69, 9.17) is 0 Å². The predicted octanol–water partition coefficient (Wildman–Crippen LogP) is 3.51. The van der Waals surface area contributed by atoms with Gasteiger partial charge in [0.15, 0.2) is 0 Å². The summed E-state index contributed by atoms with van der Waals surface area (Å²) in [6, 6.07) is 4.93. The van der Waals surface area contributed by atoms with Crippen molar-refractivity contribution in [2.24, 2.45) is 0 Å². The number of nitrogens with one attached hydrogen (secondary N) is 1. The highest BCUT2D eigenvalue weighted by Crippen LogP contribution is 2.29. The average molecular weight is 218 g/mol. The topological polar surface area (TPSA) is 58.9 Å². The maximum atomic E-state index is 10.7. The van der Waals surface area contributed by atoms with Gasteiger partial charge >= 0.3 is 0 Å². The van der Waals surface area contributed by atoms with Gasteiger partial charge in [-0.25, -0.2) is 0 Å². The molecule has 0 aliphatic carbocycles. The number of hydrogen-bond donors (Lipinski definition) is 1. The van der Waals surface area contributed by atoms with Crippen molar-refractivity contribution < 1.29 is 4.92 Å². The van der Waals surface area contributed by atoms with Gasteiger partial charge in [0.25, 0.3) is 5.69 Å². The monoisotopic (exact) mass is 218 g/mol. The number of benzene rings is 1. The number of aryl methyl sites for hydroxylation is 1. The Kier molecular flexibility index (Phi) is 2.42. The van der Waals surface area contributed by atoms with Gasteiger partial charge in [0, 0.05) is 28.7 Å². The summed E-state index contributed by atoms with van der Waals surface area (Å²) < 4.78 is 0. The molecule has 4 heteroatoms. The van der Waals surface area contributed by atoms with Gasteiger partial charge < -0.3 is 4.98 Å². The number of aromatic amines is 1. The number of aromatic nitrogens is 1. The van der Waals surface area contributed by atoms with E-state index in [-0.39, 0.29) is 10.6 Å². The molecule has 0 fully saturated rings. The van der Waals surface area contributed by atoms with Crippen LogP contribution in [0.2, 0.25) is 0 Å². The van der Waals surface area contributed by atoms with E-state index in [9.17, 15) is 10.1 Å². The van der Waals surface area contributed by atoms with Crippen molar-refractivity contribution in [3.63, 3.8) is 0 Å². The van der Waals surface area contributed by atoms with Crippen molar-refractivity contribution in [1.82, 2.24) is 4.98 Å². The molecule has 4 nitrogen and oxygen atoms in total. The van der Waals surface area contributed by atoms with E-state index < -0.39 is 0 Å². The summed E-state index contributed by atoms with van der Waals surface area (Å²) in [6.45, 7) is 6.20. The molecule has 2 aromatic rings. The Bertz CT molecular complexity index is 555. The number of nitrogens with zero attached hydrogens (tertiary/aromatic N) is 1. The van der Waals surface area contributed by atoms with Gasteiger partial charge in [-0.2, -0.15) is 0 Å². The molecule has 0 unspecified atom stereocenters. The lowest BCUT2D eigenvalue weighted by Crippen LogP contribution is -1.89. The summed E-state index contributed by atoms with van der Waals surface area (Å²) in [5, 5.41) is 11.6. The molecule has 0 atom stereocenters. The molecule has 0 radical (unpaired) electrons. The van der Waals surface area contributed by atoms with Crippen molar-refractivity contribution >= 4 is 16.6 Å². The van der Waals surface area contributed by atoms with Crippen LogP contribution in [0.4, 0.5) is 5.69 Å². The van der Waals surface area contributed by atoms with Crippen LogP contribution in [0.3, 0.4) is 0 Å². The molecular formula is C12H14N2O2. The zero-order valence-corrected chi connectivity index (χ0v) is 9.57. The zero-order chi connectivity index (χ0) is 11.9. The fourth-order valence-electron chi connectivity index (χ4n) is 2.03. The first-order chi connectivity index (χ1) is 7.50. The highest BCUT2D eigenvalue weighted by atomic mass is 16.6. The van der Waals surface area contributed by atoms with Crippen molar-refractivity contribution in [1.29, 1.82) is 0 Å². The molecule has 1 aromatic carbocycles. The van der Waals surface area contributed by atoms with Crippen LogP contribution >= 0.6 is 0 Å². The van der Waals surface area contributed by atoms with Gasteiger partial charge in [-0.1, -0.05) is 13.8 Å². The molecule has 16 heavy (non-hydrogen) atoms. The number of H-pyrrole nitrogens is 1. The maximum Gasteiger partial charge on any atom is 0.270 e. The Morgan fingerprint density at radius 2 is 2.06 bits per heavy atom. The van der Waals surface area contributed by atoms with Gasteiger partial charge in [-0.15, -0.1) is 0 Å². The standard InChI is InChI=1S/C12H14N2O2/c1-7(2)12-8(3)10-6-9(14(15)16)4-5-11(10)13-12/h4-7,13H,1-3H3. The van der Waals surface area contributed by atoms with Gasteiger partial charge in [0.1, 0.15) is 0 Å². The minimum absolute atomic E-state index is 0.143. The van der Waals surface area contributed by atoms with Crippen LogP contribution in [0.1, 0.15) is 31.0 Å². The van der Waals surface area contributed by atoms with Crippen LogP contribution in [0, 0.1) is 17.0 Å². The fraction of sp³-hybridized carbons (Fsp3) is 0.333. The summed E-state index contributed by atoms with van der Waals surface area (Å²) >= 11 is 0. The number of nitro groups is 1. The normalized spacial score (nSPS) is 11.2. The minimum atomic E-state index is -0.360. The van der Waals surface area contributed by atoms with Crippen LogP contribution in [-0.4, -0.2) is 9.91 Å². The number of rotatable bonds is 2. The van der Waals surface area contributed by atoms with E-state index in [0.717, 1.165) is 22.2 Å². The quantitative estimate of drug-likeness (QED) is 0.619. The van der Waals surface area contributed by atoms with Crippen LogP contribution in [0.5, 0.6) is 0 Å². The zero-order valence-electron chi connectivity index (χ0n) is 9.57. The number of hydrogen-bond acceptors (Lipinski definition) is 2. The fourth-order valence-corrected chi connectivity index (χ4v) is 2.03. The summed E-state index contributed by atoms with van der Waals surface area (Å²) in [6.07, 6.45) is 0. The Morgan fingerprint density at radius 1 is 1.38 bits per heavy atom. The van der Waals surface area contributed by atoms with Crippen LogP contribution in [0.15, 0.2) is 18.2 Å². The third-order valence-electron chi connectivity index (χ3n) is 2.87. The highest BCUT2D eigenvalue weighted by Gasteiger charge is 2.13. The van der Waals surface area contributed by atoms with E-state index in [1.54, 1.807) is 12.1 Å². The third kappa shape index (κ3) is 1.56. The van der Waals surface area contributed by atoms with Crippen molar-refractivity contribution in [2.45, 2.75) is 26.7 Å². The summed E-state index contributed by atoms with van der Waals surface area (Å²) in [4.78, 5) is 13.6. The van der Waals surface area contributed by atoms with E-state index in [1.165, 1.54) is 6.07 Å². The first-order valence-corrected chi connectivity index (χ1v) is 5.27. The largest absolute Gasteiger partial charge is 0.358 e. The van der Waals surface area contributed by atoms with Crippen molar-refractivity contribution in [3.05, 3.63) is 39.6 Å². The molecular weight excluding hydrogens is 204 g/mol. The van der Waals surface area contributed by atoms with Crippen molar-refractivity contribution in [3.8, 4) is 0 Å². The minimum Gasteiger partial charge on any atom is -0.358 e. The number of nitro benzene ring substituents is 1. The van der Waals surface area contributed by atoms with Crippen molar-refractivity contribution in [2.75, 3.05) is 0 Å². The highest BCUT2D eigenvalue weighted by molar-refractivity contribution is 5.86. The molecule has 1 heterocycles. The van der Waals surface area contributed by atoms with Gasteiger partial charge in [-0.05, 0) is 24.5 Å². The molecule has 0 saturated heterocycles. The van der Waals surface area contributed by atoms with E-state index >= 15 is 0 Å². The molecule has 84 valence electrons. The van der Waals surface area contributed by atoms with Gasteiger partial charge in [0.05, 0.1) is 4.92 Å². The number of fused-ring (bicyclic) bond motifs is 1. The lowest BCUT2D eigenvalue weighted by Gasteiger charge is -2.02. The van der Waals surface area contributed by atoms with Gasteiger partial charge in [0.2, 0.25) is 0 Å². The second kappa shape index (κ2) is 3.63. The summed E-state index contributed by atoms with van der Waals surface area (Å²) in [7, 11) is 0. The molecule has 0 saturated carbocycles. The van der Waals surface area contributed by atoms with Gasteiger partial charge in [-0.3, -0.25) is 10.1 Å². The lowest BCUT2D eigenvalue weighted by atomic mass is 10.0. The Labute approximate surface area is 93.4 Å². The molecule has 0 aliphatic rings.